The lowest BCUT2D eigenvalue weighted by atomic mass is 10.1. The Kier molecular flexibility index (Phi) is 3.60. The summed E-state index contributed by atoms with van der Waals surface area (Å²) in [7, 11) is 0. The van der Waals surface area contributed by atoms with Crippen molar-refractivity contribution in [3.8, 4) is 11.3 Å². The molecule has 0 aliphatic heterocycles. The number of fused-ring (bicyclic) bond motifs is 2. The summed E-state index contributed by atoms with van der Waals surface area (Å²) in [4.78, 5) is 26.0. The van der Waals surface area contributed by atoms with Gasteiger partial charge in [0.1, 0.15) is 10.8 Å². The zero-order chi connectivity index (χ0) is 14.4. The predicted octanol–water partition coefficient (Wildman–Crippen LogP) is 3.54. The minimum absolute atomic E-state index is 0. The summed E-state index contributed by atoms with van der Waals surface area (Å²) >= 11 is 5.99. The number of hydrogen-bond acceptors (Lipinski definition) is 3. The molecule has 0 spiro atoms. The van der Waals surface area contributed by atoms with Crippen LogP contribution in [0, 0.1) is 0 Å². The van der Waals surface area contributed by atoms with Crippen LogP contribution in [0.15, 0.2) is 47.5 Å². The number of aromatic amines is 2. The highest BCUT2D eigenvalue weighted by Crippen LogP contribution is 2.28. The molecule has 3 aromatic heterocycles. The molecule has 0 saturated heterocycles. The Morgan fingerprint density at radius 2 is 2.00 bits per heavy atom. The molecule has 22 heavy (non-hydrogen) atoms. The van der Waals surface area contributed by atoms with Crippen LogP contribution in [-0.2, 0) is 0 Å². The van der Waals surface area contributed by atoms with E-state index in [0.717, 1.165) is 22.2 Å². The minimum atomic E-state index is -0.172. The lowest BCUT2D eigenvalue weighted by Crippen LogP contribution is -2.04. The molecule has 0 aliphatic rings. The molecule has 3 heterocycles. The quantitative estimate of drug-likeness (QED) is 0.523. The zero-order valence-corrected chi connectivity index (χ0v) is 12.7. The van der Waals surface area contributed by atoms with Crippen LogP contribution in [0.3, 0.4) is 0 Å². The first-order chi connectivity index (χ1) is 10.2. The maximum Gasteiger partial charge on any atom is 0.260 e. The first-order valence-corrected chi connectivity index (χ1v) is 6.72. The molecule has 0 amide bonds. The maximum absolute atomic E-state index is 11.8. The molecule has 0 saturated carbocycles. The summed E-state index contributed by atoms with van der Waals surface area (Å²) in [6.07, 6.45) is 1.38. The van der Waals surface area contributed by atoms with Crippen molar-refractivity contribution in [3.05, 3.63) is 58.2 Å². The van der Waals surface area contributed by atoms with E-state index in [1.165, 1.54) is 6.33 Å². The van der Waals surface area contributed by atoms with E-state index in [9.17, 15) is 4.79 Å². The molecule has 0 atom stereocenters. The summed E-state index contributed by atoms with van der Waals surface area (Å²) in [5.41, 5.74) is 2.83. The van der Waals surface area contributed by atoms with E-state index in [2.05, 4.69) is 19.9 Å². The summed E-state index contributed by atoms with van der Waals surface area (Å²) in [6, 6.07) is 11.3. The van der Waals surface area contributed by atoms with Gasteiger partial charge in [0.15, 0.2) is 0 Å². The summed E-state index contributed by atoms with van der Waals surface area (Å²) in [5, 5.41) is 1.94. The summed E-state index contributed by atoms with van der Waals surface area (Å²) < 4.78 is 0. The van der Waals surface area contributed by atoms with Gasteiger partial charge in [-0.05, 0) is 18.2 Å². The Bertz CT molecular complexity index is 1040. The van der Waals surface area contributed by atoms with Crippen molar-refractivity contribution in [2.75, 3.05) is 0 Å². The number of aromatic nitrogens is 4. The van der Waals surface area contributed by atoms with Gasteiger partial charge in [0.05, 0.1) is 22.9 Å². The lowest BCUT2D eigenvalue weighted by molar-refractivity contribution is 1.16. The Hall–Kier alpha value is -2.37. The molecule has 0 fully saturated rings. The summed E-state index contributed by atoms with van der Waals surface area (Å²) in [5.74, 6) is 0. The summed E-state index contributed by atoms with van der Waals surface area (Å²) in [6.45, 7) is 0. The van der Waals surface area contributed by atoms with Gasteiger partial charge >= 0.3 is 0 Å². The van der Waals surface area contributed by atoms with Gasteiger partial charge in [-0.15, -0.1) is 12.4 Å². The number of nitrogens with one attached hydrogen (secondary N) is 2. The van der Waals surface area contributed by atoms with E-state index in [1.54, 1.807) is 12.1 Å². The van der Waals surface area contributed by atoms with E-state index in [1.807, 2.05) is 24.3 Å². The topological polar surface area (TPSA) is 74.4 Å². The van der Waals surface area contributed by atoms with Crippen molar-refractivity contribution in [1.29, 1.82) is 0 Å². The average molecular weight is 333 g/mol. The number of para-hydroxylation sites is 1. The van der Waals surface area contributed by atoms with Crippen LogP contribution >= 0.6 is 24.0 Å². The fourth-order valence-electron chi connectivity index (χ4n) is 2.44. The van der Waals surface area contributed by atoms with Crippen LogP contribution in [0.4, 0.5) is 0 Å². The average Bonchev–Trinajstić information content (AvgIpc) is 2.92. The van der Waals surface area contributed by atoms with Gasteiger partial charge in [0.25, 0.3) is 5.56 Å². The molecule has 0 bridgehead atoms. The Morgan fingerprint density at radius 1 is 1.14 bits per heavy atom. The number of nitrogens with zero attached hydrogens (tertiary/aromatic N) is 2. The van der Waals surface area contributed by atoms with E-state index in [4.69, 9.17) is 11.6 Å². The lowest BCUT2D eigenvalue weighted by Gasteiger charge is -2.04. The van der Waals surface area contributed by atoms with Gasteiger partial charge in [0.2, 0.25) is 0 Å². The van der Waals surface area contributed by atoms with Gasteiger partial charge in [-0.25, -0.2) is 9.97 Å². The second kappa shape index (κ2) is 5.44. The Morgan fingerprint density at radius 3 is 2.82 bits per heavy atom. The molecule has 110 valence electrons. The maximum atomic E-state index is 11.8. The molecular weight excluding hydrogens is 323 g/mol. The van der Waals surface area contributed by atoms with Crippen molar-refractivity contribution >= 4 is 45.9 Å². The predicted molar refractivity (Wildman–Crippen MR) is 89.7 cm³/mol. The number of H-pyrrole nitrogens is 2. The van der Waals surface area contributed by atoms with E-state index in [-0.39, 0.29) is 18.0 Å². The van der Waals surface area contributed by atoms with E-state index >= 15 is 0 Å². The van der Waals surface area contributed by atoms with E-state index in [0.29, 0.717) is 16.2 Å². The van der Waals surface area contributed by atoms with E-state index < -0.39 is 0 Å². The van der Waals surface area contributed by atoms with Gasteiger partial charge < -0.3 is 9.97 Å². The Labute approximate surface area is 135 Å². The third-order valence-electron chi connectivity index (χ3n) is 3.41. The van der Waals surface area contributed by atoms with Gasteiger partial charge in [-0.2, -0.15) is 0 Å². The third-order valence-corrected chi connectivity index (χ3v) is 3.62. The van der Waals surface area contributed by atoms with Crippen molar-refractivity contribution in [3.63, 3.8) is 0 Å². The second-order valence-electron chi connectivity index (χ2n) is 4.69. The van der Waals surface area contributed by atoms with Crippen LogP contribution in [-0.4, -0.2) is 19.9 Å². The first kappa shape index (κ1) is 14.6. The SMILES string of the molecule is Cl.O=c1[nH]cnc2[nH]c(-c3cccc4ccc(Cl)nc34)cc12. The monoisotopic (exact) mass is 332 g/mol. The normalized spacial score (nSPS) is 10.8. The number of pyridine rings is 1. The fraction of sp³-hybridized carbons (Fsp3) is 0. The fourth-order valence-corrected chi connectivity index (χ4v) is 2.58. The van der Waals surface area contributed by atoms with Gasteiger partial charge in [-0.1, -0.05) is 29.8 Å². The van der Waals surface area contributed by atoms with Crippen LogP contribution in [0.1, 0.15) is 0 Å². The minimum Gasteiger partial charge on any atom is -0.339 e. The first-order valence-electron chi connectivity index (χ1n) is 6.34. The van der Waals surface area contributed by atoms with Gasteiger partial charge in [0, 0.05) is 10.9 Å². The number of rotatable bonds is 1. The van der Waals surface area contributed by atoms with Crippen LogP contribution in [0.5, 0.6) is 0 Å². The zero-order valence-electron chi connectivity index (χ0n) is 11.1. The van der Waals surface area contributed by atoms with Crippen molar-refractivity contribution < 1.29 is 0 Å². The smallest absolute Gasteiger partial charge is 0.260 e. The number of halogens is 2. The molecular formula is C15H10Cl2N4O. The second-order valence-corrected chi connectivity index (χ2v) is 5.08. The molecule has 0 radical (unpaired) electrons. The number of benzene rings is 1. The van der Waals surface area contributed by atoms with Crippen molar-refractivity contribution in [1.82, 2.24) is 19.9 Å². The highest BCUT2D eigenvalue weighted by atomic mass is 35.5. The van der Waals surface area contributed by atoms with Crippen LogP contribution < -0.4 is 5.56 Å². The third kappa shape index (κ3) is 2.24. The van der Waals surface area contributed by atoms with Crippen molar-refractivity contribution in [2.45, 2.75) is 0 Å². The van der Waals surface area contributed by atoms with Crippen LogP contribution in [0.2, 0.25) is 5.15 Å². The highest BCUT2D eigenvalue weighted by molar-refractivity contribution is 6.29. The molecule has 5 nitrogen and oxygen atoms in total. The largest absolute Gasteiger partial charge is 0.339 e. The molecule has 2 N–H and O–H groups in total. The van der Waals surface area contributed by atoms with Gasteiger partial charge in [-0.3, -0.25) is 4.79 Å². The molecule has 0 aliphatic carbocycles. The Balaban J connectivity index is 0.00000144. The standard InChI is InChI=1S/C15H9ClN4O.ClH/c16-12-5-4-8-2-1-3-9(13(8)20-12)11-6-10-14(19-11)17-7-18-15(10)21;/h1-7H,(H2,17,18,19,21);1H. The van der Waals surface area contributed by atoms with Crippen molar-refractivity contribution in [2.24, 2.45) is 0 Å². The molecule has 1 aromatic carbocycles. The number of hydrogen-bond donors (Lipinski definition) is 2. The van der Waals surface area contributed by atoms with Crippen LogP contribution in [0.25, 0.3) is 33.2 Å². The highest BCUT2D eigenvalue weighted by Gasteiger charge is 2.10. The molecule has 4 rings (SSSR count). The molecule has 4 aromatic rings. The molecule has 0 unspecified atom stereocenters. The molecule has 7 heteroatoms.